The molecule has 1 amide bonds. The number of nitrogens with zero attached hydrogens (tertiary/aromatic N) is 1. The average molecular weight is 372 g/mol. The lowest BCUT2D eigenvalue weighted by Crippen LogP contribution is -3.12. The van der Waals surface area contributed by atoms with E-state index in [1.165, 1.54) is 0 Å². The number of amides is 1. The van der Waals surface area contributed by atoms with Crippen molar-refractivity contribution < 1.29 is 9.69 Å². The molecule has 0 radical (unpaired) electrons. The molecule has 4 rings (SSSR count). The Morgan fingerprint density at radius 1 is 0.857 bits per heavy atom. The van der Waals surface area contributed by atoms with Crippen LogP contribution in [0.15, 0.2) is 78.9 Å². The summed E-state index contributed by atoms with van der Waals surface area (Å²) >= 11 is 0. The molecule has 4 nitrogen and oxygen atoms in total. The van der Waals surface area contributed by atoms with Gasteiger partial charge in [-0.05, 0) is 29.3 Å². The average Bonchev–Trinajstić information content (AvgIpc) is 2.75. The first-order valence-corrected chi connectivity index (χ1v) is 9.83. The van der Waals surface area contributed by atoms with Crippen LogP contribution >= 0.6 is 0 Å². The van der Waals surface area contributed by atoms with Crippen molar-refractivity contribution in [1.82, 2.24) is 0 Å². The second-order valence-corrected chi connectivity index (χ2v) is 7.33. The summed E-state index contributed by atoms with van der Waals surface area (Å²) < 4.78 is 0. The highest BCUT2D eigenvalue weighted by Gasteiger charge is 2.20. The number of hydrogen-bond acceptors (Lipinski definition) is 2. The van der Waals surface area contributed by atoms with E-state index < -0.39 is 0 Å². The SMILES string of the molecule is C[NH+]1CCN(c2ccccc2NC(=O)c2ccccc2-c2ccccc2)CC1. The van der Waals surface area contributed by atoms with E-state index in [1.807, 2.05) is 72.8 Å². The van der Waals surface area contributed by atoms with Gasteiger partial charge in [0, 0.05) is 5.56 Å². The molecule has 0 aliphatic carbocycles. The standard InChI is InChI=1S/C24H25N3O/c1-26-15-17-27(18-16-26)23-14-8-7-13-22(23)25-24(28)21-12-6-5-11-20(21)19-9-3-2-4-10-19/h2-14H,15-18H2,1H3,(H,25,28)/p+1. The van der Waals surface area contributed by atoms with Crippen molar-refractivity contribution in [2.75, 3.05) is 43.4 Å². The van der Waals surface area contributed by atoms with Crippen LogP contribution in [-0.4, -0.2) is 39.1 Å². The van der Waals surface area contributed by atoms with Gasteiger partial charge in [0.05, 0.1) is 44.6 Å². The van der Waals surface area contributed by atoms with Gasteiger partial charge in [0.25, 0.3) is 5.91 Å². The van der Waals surface area contributed by atoms with Crippen molar-refractivity contribution in [2.24, 2.45) is 0 Å². The van der Waals surface area contributed by atoms with Gasteiger partial charge in [-0.2, -0.15) is 0 Å². The number of anilines is 2. The first kappa shape index (κ1) is 18.3. The van der Waals surface area contributed by atoms with Gasteiger partial charge in [0.2, 0.25) is 0 Å². The van der Waals surface area contributed by atoms with Crippen LogP contribution in [0.2, 0.25) is 0 Å². The molecule has 0 unspecified atom stereocenters. The van der Waals surface area contributed by atoms with Crippen molar-refractivity contribution in [2.45, 2.75) is 0 Å². The number of hydrogen-bond donors (Lipinski definition) is 2. The number of carbonyl (C=O) groups is 1. The molecule has 1 fully saturated rings. The second kappa shape index (κ2) is 8.28. The smallest absolute Gasteiger partial charge is 0.256 e. The Bertz CT molecular complexity index is 947. The van der Waals surface area contributed by atoms with Crippen LogP contribution in [0.25, 0.3) is 11.1 Å². The number of para-hydroxylation sites is 2. The van der Waals surface area contributed by atoms with Crippen LogP contribution in [0.4, 0.5) is 11.4 Å². The van der Waals surface area contributed by atoms with E-state index >= 15 is 0 Å². The number of likely N-dealkylation sites (N-methyl/N-ethyl adjacent to an activating group) is 1. The summed E-state index contributed by atoms with van der Waals surface area (Å²) in [6.45, 7) is 4.22. The second-order valence-electron chi connectivity index (χ2n) is 7.33. The van der Waals surface area contributed by atoms with Gasteiger partial charge in [0.15, 0.2) is 0 Å². The molecule has 0 bridgehead atoms. The molecule has 142 valence electrons. The quantitative estimate of drug-likeness (QED) is 0.739. The van der Waals surface area contributed by atoms with Crippen molar-refractivity contribution in [1.29, 1.82) is 0 Å². The minimum Gasteiger partial charge on any atom is -0.359 e. The highest BCUT2D eigenvalue weighted by atomic mass is 16.1. The zero-order valence-electron chi connectivity index (χ0n) is 16.2. The molecular weight excluding hydrogens is 346 g/mol. The van der Waals surface area contributed by atoms with Gasteiger partial charge >= 0.3 is 0 Å². The van der Waals surface area contributed by atoms with Crippen LogP contribution in [0.3, 0.4) is 0 Å². The molecular formula is C24H26N3O+. The zero-order chi connectivity index (χ0) is 19.3. The molecule has 1 aliphatic heterocycles. The van der Waals surface area contributed by atoms with E-state index in [2.05, 4.69) is 23.3 Å². The lowest BCUT2D eigenvalue weighted by molar-refractivity contribution is -0.880. The maximum atomic E-state index is 13.2. The lowest BCUT2D eigenvalue weighted by atomic mass is 9.99. The molecule has 28 heavy (non-hydrogen) atoms. The van der Waals surface area contributed by atoms with Gasteiger partial charge in [-0.3, -0.25) is 4.79 Å². The third kappa shape index (κ3) is 3.92. The highest BCUT2D eigenvalue weighted by Crippen LogP contribution is 2.28. The fraction of sp³-hybridized carbons (Fsp3) is 0.208. The van der Waals surface area contributed by atoms with E-state index in [0.717, 1.165) is 48.7 Å². The molecule has 1 heterocycles. The summed E-state index contributed by atoms with van der Waals surface area (Å²) in [5, 5.41) is 3.16. The molecule has 0 aromatic heterocycles. The predicted molar refractivity (Wildman–Crippen MR) is 115 cm³/mol. The highest BCUT2D eigenvalue weighted by molar-refractivity contribution is 6.10. The summed E-state index contributed by atoms with van der Waals surface area (Å²) in [5.41, 5.74) is 4.65. The summed E-state index contributed by atoms with van der Waals surface area (Å²) in [4.78, 5) is 17.1. The van der Waals surface area contributed by atoms with Crippen LogP contribution in [0.5, 0.6) is 0 Å². The lowest BCUT2D eigenvalue weighted by Gasteiger charge is -2.33. The summed E-state index contributed by atoms with van der Waals surface area (Å²) in [6, 6.07) is 25.9. The topological polar surface area (TPSA) is 36.8 Å². The minimum atomic E-state index is -0.0772. The number of piperazine rings is 1. The zero-order valence-corrected chi connectivity index (χ0v) is 16.2. The van der Waals surface area contributed by atoms with Gasteiger partial charge in [0.1, 0.15) is 0 Å². The molecule has 0 atom stereocenters. The first-order valence-electron chi connectivity index (χ1n) is 9.83. The molecule has 1 saturated heterocycles. The van der Waals surface area contributed by atoms with Gasteiger partial charge < -0.3 is 15.1 Å². The van der Waals surface area contributed by atoms with Crippen molar-refractivity contribution in [3.8, 4) is 11.1 Å². The van der Waals surface area contributed by atoms with E-state index in [0.29, 0.717) is 5.56 Å². The molecule has 0 saturated carbocycles. The van der Waals surface area contributed by atoms with Crippen molar-refractivity contribution >= 4 is 17.3 Å². The van der Waals surface area contributed by atoms with Crippen LogP contribution < -0.4 is 15.1 Å². The van der Waals surface area contributed by atoms with Crippen LogP contribution in [-0.2, 0) is 0 Å². The molecule has 3 aromatic rings. The Morgan fingerprint density at radius 3 is 2.29 bits per heavy atom. The van der Waals surface area contributed by atoms with E-state index in [4.69, 9.17) is 0 Å². The Morgan fingerprint density at radius 2 is 1.50 bits per heavy atom. The molecule has 3 aromatic carbocycles. The van der Waals surface area contributed by atoms with E-state index in [9.17, 15) is 4.79 Å². The molecule has 2 N–H and O–H groups in total. The number of benzene rings is 3. The predicted octanol–water partition coefficient (Wildman–Crippen LogP) is 2.94. The summed E-state index contributed by atoms with van der Waals surface area (Å²) in [5.74, 6) is -0.0772. The normalized spacial score (nSPS) is 14.7. The number of rotatable bonds is 4. The Balaban J connectivity index is 1.61. The third-order valence-corrected chi connectivity index (χ3v) is 5.37. The fourth-order valence-electron chi connectivity index (χ4n) is 3.72. The molecule has 1 aliphatic rings. The molecule has 0 spiro atoms. The largest absolute Gasteiger partial charge is 0.359 e. The maximum Gasteiger partial charge on any atom is 0.256 e. The molecule has 4 heteroatoms. The van der Waals surface area contributed by atoms with Crippen molar-refractivity contribution in [3.63, 3.8) is 0 Å². The van der Waals surface area contributed by atoms with Gasteiger partial charge in [-0.15, -0.1) is 0 Å². The van der Waals surface area contributed by atoms with Gasteiger partial charge in [-0.1, -0.05) is 60.7 Å². The summed E-state index contributed by atoms with van der Waals surface area (Å²) in [7, 11) is 2.23. The van der Waals surface area contributed by atoms with Crippen molar-refractivity contribution in [3.05, 3.63) is 84.4 Å². The fourth-order valence-corrected chi connectivity index (χ4v) is 3.72. The number of nitrogens with one attached hydrogen (secondary N) is 2. The Kier molecular flexibility index (Phi) is 5.40. The van der Waals surface area contributed by atoms with E-state index in [1.54, 1.807) is 4.90 Å². The summed E-state index contributed by atoms with van der Waals surface area (Å²) in [6.07, 6.45) is 0. The van der Waals surface area contributed by atoms with Gasteiger partial charge in [-0.25, -0.2) is 0 Å². The maximum absolute atomic E-state index is 13.2. The van der Waals surface area contributed by atoms with Crippen LogP contribution in [0.1, 0.15) is 10.4 Å². The van der Waals surface area contributed by atoms with E-state index in [-0.39, 0.29) is 5.91 Å². The Labute approximate surface area is 166 Å². The third-order valence-electron chi connectivity index (χ3n) is 5.37. The minimum absolute atomic E-state index is 0.0772. The number of quaternary nitrogens is 1. The first-order chi connectivity index (χ1) is 13.7. The van der Waals surface area contributed by atoms with Crippen LogP contribution in [0, 0.1) is 0 Å². The number of carbonyl (C=O) groups excluding carboxylic acids is 1. The monoisotopic (exact) mass is 372 g/mol. The Hall–Kier alpha value is -3.11.